The molecule has 4 heteroatoms. The monoisotopic (exact) mass is 262 g/mol. The third kappa shape index (κ3) is 2.04. The SMILES string of the molecule is CNC1CCN(C(=O)C2CSc3ccccc32)C1. The fourth-order valence-corrected chi connectivity index (χ4v) is 4.00. The van der Waals surface area contributed by atoms with Crippen LogP contribution in [0.4, 0.5) is 0 Å². The first kappa shape index (κ1) is 12.1. The van der Waals surface area contributed by atoms with Gasteiger partial charge in [-0.3, -0.25) is 4.79 Å². The van der Waals surface area contributed by atoms with Crippen LogP contribution in [0.25, 0.3) is 0 Å². The minimum absolute atomic E-state index is 0.0711. The number of nitrogens with one attached hydrogen (secondary N) is 1. The summed E-state index contributed by atoms with van der Waals surface area (Å²) >= 11 is 1.81. The molecular weight excluding hydrogens is 244 g/mol. The quantitative estimate of drug-likeness (QED) is 0.880. The number of fused-ring (bicyclic) bond motifs is 1. The summed E-state index contributed by atoms with van der Waals surface area (Å²) in [5.74, 6) is 1.28. The summed E-state index contributed by atoms with van der Waals surface area (Å²) in [7, 11) is 1.97. The van der Waals surface area contributed by atoms with Crippen molar-refractivity contribution in [2.75, 3.05) is 25.9 Å². The van der Waals surface area contributed by atoms with E-state index in [2.05, 4.69) is 17.4 Å². The molecule has 96 valence electrons. The van der Waals surface area contributed by atoms with Crippen molar-refractivity contribution in [1.29, 1.82) is 0 Å². The van der Waals surface area contributed by atoms with Crippen LogP contribution in [0.5, 0.6) is 0 Å². The number of thioether (sulfide) groups is 1. The Morgan fingerprint density at radius 2 is 2.28 bits per heavy atom. The number of benzene rings is 1. The van der Waals surface area contributed by atoms with E-state index in [0.717, 1.165) is 25.3 Å². The molecule has 2 aliphatic heterocycles. The van der Waals surface area contributed by atoms with Crippen molar-refractivity contribution >= 4 is 17.7 Å². The first-order valence-electron chi connectivity index (χ1n) is 6.47. The number of carbonyl (C=O) groups excluding carboxylic acids is 1. The Bertz CT molecular complexity index is 463. The highest BCUT2D eigenvalue weighted by Gasteiger charge is 2.34. The summed E-state index contributed by atoms with van der Waals surface area (Å²) in [5.41, 5.74) is 1.22. The van der Waals surface area contributed by atoms with Gasteiger partial charge in [-0.1, -0.05) is 18.2 Å². The van der Waals surface area contributed by atoms with Gasteiger partial charge in [-0.05, 0) is 25.1 Å². The number of amides is 1. The zero-order chi connectivity index (χ0) is 12.5. The fraction of sp³-hybridized carbons (Fsp3) is 0.500. The number of hydrogen-bond donors (Lipinski definition) is 1. The maximum absolute atomic E-state index is 12.6. The minimum atomic E-state index is 0.0711. The molecule has 1 N–H and O–H groups in total. The molecular formula is C14H18N2OS. The molecule has 1 aromatic rings. The molecule has 0 spiro atoms. The van der Waals surface area contributed by atoms with Gasteiger partial charge >= 0.3 is 0 Å². The van der Waals surface area contributed by atoms with Gasteiger partial charge in [0.2, 0.25) is 5.91 Å². The minimum Gasteiger partial charge on any atom is -0.341 e. The summed E-state index contributed by atoms with van der Waals surface area (Å²) < 4.78 is 0. The van der Waals surface area contributed by atoms with E-state index in [1.165, 1.54) is 10.5 Å². The van der Waals surface area contributed by atoms with Crippen molar-refractivity contribution in [1.82, 2.24) is 10.2 Å². The molecule has 1 saturated heterocycles. The molecule has 1 aromatic carbocycles. The second kappa shape index (κ2) is 4.94. The van der Waals surface area contributed by atoms with Crippen LogP contribution in [0.3, 0.4) is 0 Å². The lowest BCUT2D eigenvalue weighted by molar-refractivity contribution is -0.131. The molecule has 0 bridgehead atoms. The van der Waals surface area contributed by atoms with Gasteiger partial charge in [-0.25, -0.2) is 0 Å². The maximum atomic E-state index is 12.6. The molecule has 2 atom stereocenters. The predicted molar refractivity (Wildman–Crippen MR) is 74.0 cm³/mol. The molecule has 0 radical (unpaired) electrons. The molecule has 2 aliphatic rings. The van der Waals surface area contributed by atoms with Crippen LogP contribution in [-0.4, -0.2) is 42.7 Å². The second-order valence-corrected chi connectivity index (χ2v) is 6.02. The molecule has 3 nitrogen and oxygen atoms in total. The van der Waals surface area contributed by atoms with Crippen LogP contribution >= 0.6 is 11.8 Å². The van der Waals surface area contributed by atoms with E-state index in [9.17, 15) is 4.79 Å². The van der Waals surface area contributed by atoms with Crippen LogP contribution in [0, 0.1) is 0 Å². The Hall–Kier alpha value is -1.00. The van der Waals surface area contributed by atoms with Gasteiger partial charge in [0.05, 0.1) is 5.92 Å². The number of nitrogens with zero attached hydrogens (tertiary/aromatic N) is 1. The Morgan fingerprint density at radius 1 is 1.44 bits per heavy atom. The standard InChI is InChI=1S/C14H18N2OS/c1-15-10-6-7-16(8-10)14(17)12-9-18-13-5-3-2-4-11(12)13/h2-5,10,12,15H,6-9H2,1H3. The Morgan fingerprint density at radius 3 is 3.06 bits per heavy atom. The van der Waals surface area contributed by atoms with Crippen molar-refractivity contribution in [2.24, 2.45) is 0 Å². The predicted octanol–water partition coefficient (Wildman–Crippen LogP) is 1.70. The number of likely N-dealkylation sites (N-methyl/N-ethyl adjacent to an activating group) is 1. The van der Waals surface area contributed by atoms with E-state index in [1.54, 1.807) is 11.8 Å². The van der Waals surface area contributed by atoms with Crippen LogP contribution in [0.1, 0.15) is 17.9 Å². The normalized spacial score (nSPS) is 26.4. The first-order chi connectivity index (χ1) is 8.79. The molecule has 2 unspecified atom stereocenters. The average Bonchev–Trinajstić information content (AvgIpc) is 3.04. The third-order valence-corrected chi connectivity index (χ3v) is 5.09. The molecule has 0 aliphatic carbocycles. The number of hydrogen-bond acceptors (Lipinski definition) is 3. The summed E-state index contributed by atoms with van der Waals surface area (Å²) in [6, 6.07) is 8.77. The van der Waals surface area contributed by atoms with E-state index in [4.69, 9.17) is 0 Å². The first-order valence-corrected chi connectivity index (χ1v) is 7.46. The summed E-state index contributed by atoms with van der Waals surface area (Å²) in [4.78, 5) is 15.9. The van der Waals surface area contributed by atoms with Gasteiger partial charge in [0.15, 0.2) is 0 Å². The molecule has 0 aromatic heterocycles. The van der Waals surface area contributed by atoms with Gasteiger partial charge in [-0.15, -0.1) is 11.8 Å². The smallest absolute Gasteiger partial charge is 0.231 e. The zero-order valence-corrected chi connectivity index (χ0v) is 11.4. The van der Waals surface area contributed by atoms with Crippen LogP contribution < -0.4 is 5.32 Å². The highest BCUT2D eigenvalue weighted by Crippen LogP contribution is 2.40. The highest BCUT2D eigenvalue weighted by molar-refractivity contribution is 7.99. The van der Waals surface area contributed by atoms with Gasteiger partial charge in [0.25, 0.3) is 0 Å². The largest absolute Gasteiger partial charge is 0.341 e. The van der Waals surface area contributed by atoms with Gasteiger partial charge in [0, 0.05) is 29.8 Å². The lowest BCUT2D eigenvalue weighted by Crippen LogP contribution is -2.36. The number of carbonyl (C=O) groups is 1. The van der Waals surface area contributed by atoms with Gasteiger partial charge in [0.1, 0.15) is 0 Å². The number of rotatable bonds is 2. The summed E-state index contributed by atoms with van der Waals surface area (Å²) in [5, 5.41) is 3.26. The van der Waals surface area contributed by atoms with E-state index in [0.29, 0.717) is 11.9 Å². The van der Waals surface area contributed by atoms with Crippen molar-refractivity contribution in [2.45, 2.75) is 23.3 Å². The Kier molecular flexibility index (Phi) is 3.31. The zero-order valence-electron chi connectivity index (χ0n) is 10.6. The topological polar surface area (TPSA) is 32.3 Å². The van der Waals surface area contributed by atoms with Crippen molar-refractivity contribution in [3.63, 3.8) is 0 Å². The van der Waals surface area contributed by atoms with E-state index >= 15 is 0 Å². The van der Waals surface area contributed by atoms with Gasteiger partial charge < -0.3 is 10.2 Å². The van der Waals surface area contributed by atoms with Crippen LogP contribution in [0.15, 0.2) is 29.2 Å². The van der Waals surface area contributed by atoms with Crippen molar-refractivity contribution in [3.8, 4) is 0 Å². The van der Waals surface area contributed by atoms with E-state index in [1.807, 2.05) is 24.1 Å². The Balaban J connectivity index is 1.75. The lowest BCUT2D eigenvalue weighted by atomic mass is 10.00. The molecule has 1 fully saturated rings. The van der Waals surface area contributed by atoms with Crippen molar-refractivity contribution < 1.29 is 4.79 Å². The summed E-state index contributed by atoms with van der Waals surface area (Å²) in [6.45, 7) is 1.76. The van der Waals surface area contributed by atoms with Gasteiger partial charge in [-0.2, -0.15) is 0 Å². The maximum Gasteiger partial charge on any atom is 0.231 e. The molecule has 0 saturated carbocycles. The average molecular weight is 262 g/mol. The Labute approximate surface area is 112 Å². The number of likely N-dealkylation sites (tertiary alicyclic amines) is 1. The fourth-order valence-electron chi connectivity index (χ4n) is 2.78. The molecule has 18 heavy (non-hydrogen) atoms. The molecule has 2 heterocycles. The summed E-state index contributed by atoms with van der Waals surface area (Å²) in [6.07, 6.45) is 1.07. The van der Waals surface area contributed by atoms with E-state index in [-0.39, 0.29) is 5.92 Å². The lowest BCUT2D eigenvalue weighted by Gasteiger charge is -2.20. The third-order valence-electron chi connectivity index (χ3n) is 3.91. The molecule has 1 amide bonds. The van der Waals surface area contributed by atoms with Crippen LogP contribution in [0.2, 0.25) is 0 Å². The molecule has 3 rings (SSSR count). The second-order valence-electron chi connectivity index (χ2n) is 4.96. The van der Waals surface area contributed by atoms with E-state index < -0.39 is 0 Å². The van der Waals surface area contributed by atoms with Crippen LogP contribution in [-0.2, 0) is 4.79 Å². The van der Waals surface area contributed by atoms with Crippen molar-refractivity contribution in [3.05, 3.63) is 29.8 Å². The highest BCUT2D eigenvalue weighted by atomic mass is 32.2.